The second-order valence-corrected chi connectivity index (χ2v) is 11.0. The highest BCUT2D eigenvalue weighted by Crippen LogP contribution is 2.48. The number of nitrogens with one attached hydrogen (secondary N) is 1. The number of likely N-dealkylation sites (tertiary alicyclic amines) is 1. The van der Waals surface area contributed by atoms with Gasteiger partial charge in [-0.2, -0.15) is 13.2 Å². The quantitative estimate of drug-likeness (QED) is 0.320. The van der Waals surface area contributed by atoms with Gasteiger partial charge < -0.3 is 9.55 Å². The molecule has 6 rings (SSSR count). The molecule has 1 aliphatic carbocycles. The fraction of sp³-hybridized carbons (Fsp3) is 0.464. The number of aromatic amines is 1. The number of pyridine rings is 1. The van der Waals surface area contributed by atoms with Gasteiger partial charge in [0.05, 0.1) is 11.0 Å². The molecular formula is C28H29F5N6O. The molecule has 7 nitrogen and oxygen atoms in total. The van der Waals surface area contributed by atoms with Gasteiger partial charge in [-0.15, -0.1) is 10.2 Å². The zero-order valence-corrected chi connectivity index (χ0v) is 21.9. The van der Waals surface area contributed by atoms with Gasteiger partial charge in [-0.05, 0) is 62.5 Å². The first-order chi connectivity index (χ1) is 19.1. The lowest BCUT2D eigenvalue weighted by molar-refractivity contribution is -0.136. The number of piperidine rings is 1. The molecule has 1 aromatic carbocycles. The van der Waals surface area contributed by atoms with Crippen LogP contribution in [-0.2, 0) is 25.2 Å². The number of H-pyrrole nitrogens is 1. The molecular weight excluding hydrogens is 531 g/mol. The fourth-order valence-corrected chi connectivity index (χ4v) is 6.22. The van der Waals surface area contributed by atoms with Crippen LogP contribution in [0.15, 0.2) is 47.7 Å². The summed E-state index contributed by atoms with van der Waals surface area (Å²) in [4.78, 5) is 18.4. The lowest BCUT2D eigenvalue weighted by Gasteiger charge is -2.41. The fourth-order valence-electron chi connectivity index (χ4n) is 6.22. The van der Waals surface area contributed by atoms with E-state index in [1.54, 1.807) is 24.5 Å². The van der Waals surface area contributed by atoms with E-state index in [0.717, 1.165) is 41.4 Å². The van der Waals surface area contributed by atoms with Crippen molar-refractivity contribution in [2.75, 3.05) is 13.1 Å². The SMILES string of the molecule is Cn1cnnc1C1(c2cccc(-n3cc(C(F)(F)F)c4cc(CN5CCC(C(F)F)CC5)[nH]c4c3=O)c2)CCC1. The molecule has 4 aromatic rings. The largest absolute Gasteiger partial charge is 0.418 e. The minimum absolute atomic E-state index is 0.135. The lowest BCUT2D eigenvalue weighted by atomic mass is 9.63. The van der Waals surface area contributed by atoms with Crippen LogP contribution in [0.1, 0.15) is 54.7 Å². The number of hydrogen-bond donors (Lipinski definition) is 1. The summed E-state index contributed by atoms with van der Waals surface area (Å²) < 4.78 is 71.7. The summed E-state index contributed by atoms with van der Waals surface area (Å²) in [5.41, 5.74) is -0.429. The number of benzene rings is 1. The van der Waals surface area contributed by atoms with Crippen LogP contribution in [-0.4, -0.2) is 48.7 Å². The first kappa shape index (κ1) is 26.7. The van der Waals surface area contributed by atoms with Crippen LogP contribution in [0.4, 0.5) is 22.0 Å². The number of rotatable bonds is 6. The average molecular weight is 561 g/mol. The van der Waals surface area contributed by atoms with Crippen molar-refractivity contribution in [2.24, 2.45) is 13.0 Å². The zero-order chi connectivity index (χ0) is 28.2. The molecule has 0 spiro atoms. The molecule has 212 valence electrons. The van der Waals surface area contributed by atoms with Crippen molar-refractivity contribution in [3.05, 3.63) is 75.9 Å². The topological polar surface area (TPSA) is 71.7 Å². The Morgan fingerprint density at radius 1 is 1.15 bits per heavy atom. The number of nitrogens with zero attached hydrogens (tertiary/aromatic N) is 5. The Balaban J connectivity index is 1.39. The molecule has 1 saturated carbocycles. The minimum atomic E-state index is -4.70. The Bertz CT molecular complexity index is 1590. The molecule has 0 radical (unpaired) electrons. The summed E-state index contributed by atoms with van der Waals surface area (Å²) in [6.45, 7) is 1.08. The second kappa shape index (κ2) is 9.83. The molecule has 0 atom stereocenters. The summed E-state index contributed by atoms with van der Waals surface area (Å²) in [6.07, 6.45) is -1.32. The first-order valence-corrected chi connectivity index (χ1v) is 13.4. The molecule has 3 aromatic heterocycles. The highest BCUT2D eigenvalue weighted by molar-refractivity contribution is 5.84. The van der Waals surface area contributed by atoms with E-state index in [1.165, 1.54) is 6.07 Å². The molecule has 0 amide bonds. The van der Waals surface area contributed by atoms with Gasteiger partial charge >= 0.3 is 6.18 Å². The summed E-state index contributed by atoms with van der Waals surface area (Å²) in [5.74, 6) is 0.118. The van der Waals surface area contributed by atoms with Crippen LogP contribution in [0, 0.1) is 5.92 Å². The van der Waals surface area contributed by atoms with Crippen LogP contribution in [0.5, 0.6) is 0 Å². The minimum Gasteiger partial charge on any atom is -0.353 e. The molecule has 4 heterocycles. The number of fused-ring (bicyclic) bond motifs is 1. The summed E-state index contributed by atoms with van der Waals surface area (Å²) >= 11 is 0. The van der Waals surface area contributed by atoms with Crippen molar-refractivity contribution < 1.29 is 22.0 Å². The molecule has 2 aliphatic rings. The van der Waals surface area contributed by atoms with Crippen molar-refractivity contribution in [3.8, 4) is 5.69 Å². The Labute approximate surface area is 226 Å². The van der Waals surface area contributed by atoms with Gasteiger partial charge in [-0.25, -0.2) is 8.78 Å². The first-order valence-electron chi connectivity index (χ1n) is 13.4. The van der Waals surface area contributed by atoms with Gasteiger partial charge in [0.15, 0.2) is 0 Å². The van der Waals surface area contributed by atoms with Gasteiger partial charge in [0.1, 0.15) is 17.7 Å². The number of hydrogen-bond acceptors (Lipinski definition) is 4. The summed E-state index contributed by atoms with van der Waals surface area (Å²) in [5, 5.41) is 8.12. The molecule has 1 saturated heterocycles. The van der Waals surface area contributed by atoms with Crippen LogP contribution < -0.4 is 5.56 Å². The molecule has 1 N–H and O–H groups in total. The van der Waals surface area contributed by atoms with Gasteiger partial charge in [0, 0.05) is 42.5 Å². The normalized spacial score (nSPS) is 18.5. The Hall–Kier alpha value is -3.54. The van der Waals surface area contributed by atoms with Crippen LogP contribution in [0.3, 0.4) is 0 Å². The number of aryl methyl sites for hydroxylation is 1. The van der Waals surface area contributed by atoms with E-state index in [4.69, 9.17) is 0 Å². The van der Waals surface area contributed by atoms with Gasteiger partial charge in [-0.3, -0.25) is 14.3 Å². The maximum Gasteiger partial charge on any atom is 0.418 e. The highest BCUT2D eigenvalue weighted by atomic mass is 19.4. The van der Waals surface area contributed by atoms with Crippen LogP contribution in [0.25, 0.3) is 16.6 Å². The number of alkyl halides is 5. The smallest absolute Gasteiger partial charge is 0.353 e. The van der Waals surface area contributed by atoms with Crippen molar-refractivity contribution in [3.63, 3.8) is 0 Å². The van der Waals surface area contributed by atoms with E-state index in [-0.39, 0.29) is 17.4 Å². The number of aromatic nitrogens is 5. The van der Waals surface area contributed by atoms with Gasteiger partial charge in [0.25, 0.3) is 5.56 Å². The molecule has 12 heteroatoms. The Morgan fingerprint density at radius 2 is 1.90 bits per heavy atom. The predicted molar refractivity (Wildman–Crippen MR) is 139 cm³/mol. The summed E-state index contributed by atoms with van der Waals surface area (Å²) in [6, 6.07) is 8.40. The lowest BCUT2D eigenvalue weighted by Crippen LogP contribution is -2.38. The maximum atomic E-state index is 14.3. The third kappa shape index (κ3) is 4.51. The zero-order valence-electron chi connectivity index (χ0n) is 21.9. The van der Waals surface area contributed by atoms with Crippen LogP contribution >= 0.6 is 0 Å². The van der Waals surface area contributed by atoms with Gasteiger partial charge in [0.2, 0.25) is 6.43 Å². The Morgan fingerprint density at radius 3 is 2.50 bits per heavy atom. The van der Waals surface area contributed by atoms with Crippen molar-refractivity contribution in [2.45, 2.75) is 56.7 Å². The van der Waals surface area contributed by atoms with E-state index in [0.29, 0.717) is 37.3 Å². The number of halogens is 5. The van der Waals surface area contributed by atoms with Crippen molar-refractivity contribution >= 4 is 10.9 Å². The second-order valence-electron chi connectivity index (χ2n) is 11.0. The van der Waals surface area contributed by atoms with E-state index >= 15 is 0 Å². The van der Waals surface area contributed by atoms with Gasteiger partial charge in [-0.1, -0.05) is 18.6 Å². The predicted octanol–water partition coefficient (Wildman–Crippen LogP) is 5.41. The molecule has 40 heavy (non-hydrogen) atoms. The third-order valence-electron chi connectivity index (χ3n) is 8.57. The van der Waals surface area contributed by atoms with Crippen LogP contribution in [0.2, 0.25) is 0 Å². The third-order valence-corrected chi connectivity index (χ3v) is 8.57. The molecule has 2 fully saturated rings. The molecule has 1 aliphatic heterocycles. The average Bonchev–Trinajstić information content (AvgIpc) is 3.50. The molecule has 0 bridgehead atoms. The highest BCUT2D eigenvalue weighted by Gasteiger charge is 2.44. The van der Waals surface area contributed by atoms with E-state index < -0.39 is 35.1 Å². The van der Waals surface area contributed by atoms with Crippen molar-refractivity contribution in [1.82, 2.24) is 29.2 Å². The maximum absolute atomic E-state index is 14.3. The molecule has 0 unspecified atom stereocenters. The van der Waals surface area contributed by atoms with E-state index in [9.17, 15) is 26.7 Å². The summed E-state index contributed by atoms with van der Waals surface area (Å²) in [7, 11) is 1.86. The standard InChI is InChI=1S/C28H29F5N6O/c1-37-16-34-36-26(37)27(8-3-9-27)18-4-2-5-20(12-18)39-15-22(28(31,32)33)21-13-19(35-23(21)25(39)40)14-38-10-6-17(7-11-38)24(29)30/h2,4-5,12-13,15-17,24,35H,3,6-11,14H2,1H3. The monoisotopic (exact) mass is 560 g/mol. The van der Waals surface area contributed by atoms with Crippen molar-refractivity contribution in [1.29, 1.82) is 0 Å². The van der Waals surface area contributed by atoms with E-state index in [1.807, 2.05) is 22.6 Å². The Kier molecular flexibility index (Phi) is 6.55. The van der Waals surface area contributed by atoms with E-state index in [2.05, 4.69) is 15.2 Å².